The second-order valence-corrected chi connectivity index (χ2v) is 9.26. The molecule has 1 aromatic carbocycles. The third kappa shape index (κ3) is 4.13. The van der Waals surface area contributed by atoms with Gasteiger partial charge in [0.2, 0.25) is 5.95 Å². The number of hydrogen-bond acceptors (Lipinski definition) is 7. The van der Waals surface area contributed by atoms with Gasteiger partial charge >= 0.3 is 0 Å². The number of ether oxygens (including phenoxy) is 1. The quantitative estimate of drug-likeness (QED) is 0.428. The molecule has 10 heteroatoms. The molecule has 3 aromatic heterocycles. The summed E-state index contributed by atoms with van der Waals surface area (Å²) in [6.07, 6.45) is 7.97. The average molecular weight is 477 g/mol. The molecule has 0 spiro atoms. The normalized spacial score (nSPS) is 19.3. The number of anilines is 1. The molecule has 4 aromatic rings. The molecule has 5 heterocycles. The lowest BCUT2D eigenvalue weighted by atomic mass is 10.1. The van der Waals surface area contributed by atoms with E-state index in [1.807, 2.05) is 23.0 Å². The summed E-state index contributed by atoms with van der Waals surface area (Å²) in [5, 5.41) is 6.19. The molecule has 176 valence electrons. The van der Waals surface area contributed by atoms with E-state index in [1.165, 1.54) is 0 Å². The van der Waals surface area contributed by atoms with Crippen LogP contribution in [0.2, 0.25) is 0 Å². The van der Waals surface area contributed by atoms with Crippen molar-refractivity contribution < 1.29 is 4.74 Å². The van der Waals surface area contributed by atoms with E-state index in [-0.39, 0.29) is 6.10 Å². The Morgan fingerprint density at radius 1 is 1.06 bits per heavy atom. The second-order valence-electron chi connectivity index (χ2n) is 8.89. The first-order valence-corrected chi connectivity index (χ1v) is 12.3. The largest absolute Gasteiger partial charge is 0.376 e. The predicted octanol–water partition coefficient (Wildman–Crippen LogP) is 3.31. The van der Waals surface area contributed by atoms with Crippen LogP contribution in [0.4, 0.5) is 5.95 Å². The van der Waals surface area contributed by atoms with Crippen LogP contribution >= 0.6 is 12.2 Å². The Bertz CT molecular complexity index is 1320. The number of para-hydroxylation sites is 1. The summed E-state index contributed by atoms with van der Waals surface area (Å²) in [7, 11) is 0. The second kappa shape index (κ2) is 9.28. The zero-order valence-electron chi connectivity index (χ0n) is 19.0. The molecule has 6 rings (SSSR count). The van der Waals surface area contributed by atoms with Gasteiger partial charge in [-0.2, -0.15) is 5.10 Å². The highest BCUT2D eigenvalue weighted by atomic mass is 32.1. The summed E-state index contributed by atoms with van der Waals surface area (Å²) in [6.45, 7) is 5.78. The van der Waals surface area contributed by atoms with Crippen molar-refractivity contribution >= 4 is 29.1 Å². The minimum Gasteiger partial charge on any atom is -0.376 e. The van der Waals surface area contributed by atoms with Gasteiger partial charge in [-0.25, -0.2) is 14.6 Å². The van der Waals surface area contributed by atoms with Crippen molar-refractivity contribution in [1.29, 1.82) is 0 Å². The summed E-state index contributed by atoms with van der Waals surface area (Å²) in [6, 6.07) is 10.2. The molecule has 1 atom stereocenters. The number of rotatable bonds is 6. The van der Waals surface area contributed by atoms with E-state index in [4.69, 9.17) is 22.1 Å². The van der Waals surface area contributed by atoms with Crippen LogP contribution in [0.25, 0.3) is 22.3 Å². The van der Waals surface area contributed by atoms with Crippen LogP contribution in [0.3, 0.4) is 0 Å². The lowest BCUT2D eigenvalue weighted by molar-refractivity contribution is 0.0966. The highest BCUT2D eigenvalue weighted by molar-refractivity contribution is 7.71. The van der Waals surface area contributed by atoms with Crippen molar-refractivity contribution in [2.24, 2.45) is 0 Å². The maximum Gasteiger partial charge on any atom is 0.225 e. The molecule has 0 bridgehead atoms. The topological polar surface area (TPSA) is 80.0 Å². The Hall–Kier alpha value is -3.08. The SMILES string of the molecule is S=c1n(CN2CCN(c3ncccn3)CC2)nc(-c2c[nH]c3ccccc23)n1C[C@@H]1CCCO1. The average Bonchev–Trinajstić information content (AvgIpc) is 3.62. The standard InChI is InChI=1S/C24H28N8OS/c34-24-31(16-18-5-3-14-33-18)22(20-15-27-21-7-2-1-6-19(20)21)28-32(24)17-29-10-12-30(13-11-29)23-25-8-4-9-26-23/h1-2,4,6-9,15,18,27H,3,5,10-14,16-17H2/t18-/m0/s1. The van der Waals surface area contributed by atoms with Crippen LogP contribution in [-0.4, -0.2) is 73.1 Å². The maximum atomic E-state index is 5.95. The zero-order chi connectivity index (χ0) is 22.9. The van der Waals surface area contributed by atoms with Gasteiger partial charge in [0.05, 0.1) is 19.3 Å². The van der Waals surface area contributed by atoms with Gasteiger partial charge in [-0.05, 0) is 37.2 Å². The van der Waals surface area contributed by atoms with Crippen LogP contribution < -0.4 is 4.90 Å². The molecule has 0 aliphatic carbocycles. The number of aromatic nitrogens is 6. The Labute approximate surface area is 203 Å². The molecule has 34 heavy (non-hydrogen) atoms. The molecule has 9 nitrogen and oxygen atoms in total. The molecule has 2 aliphatic heterocycles. The smallest absolute Gasteiger partial charge is 0.225 e. The number of hydrogen-bond donors (Lipinski definition) is 1. The van der Waals surface area contributed by atoms with Crippen molar-refractivity contribution in [2.45, 2.75) is 32.2 Å². The molecule has 0 amide bonds. The van der Waals surface area contributed by atoms with Gasteiger partial charge in [0.1, 0.15) is 0 Å². The van der Waals surface area contributed by atoms with Crippen molar-refractivity contribution in [3.05, 3.63) is 53.7 Å². The number of piperazine rings is 1. The molecule has 1 N–H and O–H groups in total. The van der Waals surface area contributed by atoms with Gasteiger partial charge in [-0.3, -0.25) is 9.47 Å². The van der Waals surface area contributed by atoms with Crippen molar-refractivity contribution in [3.8, 4) is 11.4 Å². The first-order chi connectivity index (χ1) is 16.8. The van der Waals surface area contributed by atoms with E-state index in [2.05, 4.69) is 47.5 Å². The fraction of sp³-hybridized carbons (Fsp3) is 0.417. The van der Waals surface area contributed by atoms with Crippen LogP contribution in [0.15, 0.2) is 48.9 Å². The van der Waals surface area contributed by atoms with Crippen molar-refractivity contribution in [2.75, 3.05) is 37.7 Å². The number of aromatic amines is 1. The van der Waals surface area contributed by atoms with Gasteiger partial charge in [-0.1, -0.05) is 18.2 Å². The molecule has 0 radical (unpaired) electrons. The van der Waals surface area contributed by atoms with E-state index in [0.717, 1.165) is 85.2 Å². The summed E-state index contributed by atoms with van der Waals surface area (Å²) in [4.78, 5) is 16.8. The lowest BCUT2D eigenvalue weighted by Gasteiger charge is -2.34. The minimum atomic E-state index is 0.183. The molecule has 2 fully saturated rings. The molecule has 0 unspecified atom stereocenters. The fourth-order valence-electron chi connectivity index (χ4n) is 4.88. The summed E-state index contributed by atoms with van der Waals surface area (Å²) in [5.41, 5.74) is 2.17. The van der Waals surface area contributed by atoms with Gasteiger partial charge in [0.15, 0.2) is 10.6 Å². The first kappa shape index (κ1) is 21.5. The molecule has 0 saturated carbocycles. The van der Waals surface area contributed by atoms with Gasteiger partial charge in [0.25, 0.3) is 0 Å². The monoisotopic (exact) mass is 476 g/mol. The third-order valence-corrected chi connectivity index (χ3v) is 7.14. The van der Waals surface area contributed by atoms with Crippen LogP contribution in [0, 0.1) is 4.77 Å². The van der Waals surface area contributed by atoms with Gasteiger partial charge in [0, 0.05) is 67.8 Å². The zero-order valence-corrected chi connectivity index (χ0v) is 19.8. The Morgan fingerprint density at radius 2 is 1.88 bits per heavy atom. The third-order valence-electron chi connectivity index (χ3n) is 6.70. The first-order valence-electron chi connectivity index (χ1n) is 11.9. The fourth-order valence-corrected chi connectivity index (χ4v) is 5.14. The number of nitrogens with zero attached hydrogens (tertiary/aromatic N) is 7. The summed E-state index contributed by atoms with van der Waals surface area (Å²) in [5.74, 6) is 1.69. The van der Waals surface area contributed by atoms with Crippen molar-refractivity contribution in [1.82, 2.24) is 34.2 Å². The van der Waals surface area contributed by atoms with E-state index >= 15 is 0 Å². The summed E-state index contributed by atoms with van der Waals surface area (Å²) >= 11 is 5.95. The number of benzene rings is 1. The van der Waals surface area contributed by atoms with E-state index in [0.29, 0.717) is 6.67 Å². The Morgan fingerprint density at radius 3 is 2.68 bits per heavy atom. The van der Waals surface area contributed by atoms with Gasteiger partial charge < -0.3 is 14.6 Å². The maximum absolute atomic E-state index is 5.95. The Kier molecular flexibility index (Phi) is 5.86. The number of nitrogens with one attached hydrogen (secondary N) is 1. The lowest BCUT2D eigenvalue weighted by Crippen LogP contribution is -2.47. The number of H-pyrrole nitrogens is 1. The van der Waals surface area contributed by atoms with Crippen LogP contribution in [-0.2, 0) is 18.0 Å². The molecular weight excluding hydrogens is 448 g/mol. The Balaban J connectivity index is 1.27. The van der Waals surface area contributed by atoms with Gasteiger partial charge in [-0.15, -0.1) is 0 Å². The summed E-state index contributed by atoms with van der Waals surface area (Å²) < 4.78 is 10.8. The van der Waals surface area contributed by atoms with Crippen LogP contribution in [0.5, 0.6) is 0 Å². The predicted molar refractivity (Wildman–Crippen MR) is 133 cm³/mol. The van der Waals surface area contributed by atoms with E-state index in [9.17, 15) is 0 Å². The van der Waals surface area contributed by atoms with E-state index in [1.54, 1.807) is 12.4 Å². The van der Waals surface area contributed by atoms with E-state index < -0.39 is 0 Å². The molecular formula is C24H28N8OS. The number of fused-ring (bicyclic) bond motifs is 1. The highest BCUT2D eigenvalue weighted by Gasteiger charge is 2.24. The minimum absolute atomic E-state index is 0.183. The molecule has 2 aliphatic rings. The highest BCUT2D eigenvalue weighted by Crippen LogP contribution is 2.29. The van der Waals surface area contributed by atoms with Crippen LogP contribution in [0.1, 0.15) is 12.8 Å². The molecule has 2 saturated heterocycles. The van der Waals surface area contributed by atoms with Crippen molar-refractivity contribution in [3.63, 3.8) is 0 Å².